The standard InChI is InChI=1S/C13H20BrNOS/c1-3-13(2,15-6-4-5-7-15)12(16)10-8-17-9-11(10)14/h8-9,12,16H,3-7H2,1-2H3. The fraction of sp³-hybridized carbons (Fsp3) is 0.692. The molecule has 0 saturated carbocycles. The van der Waals surface area contributed by atoms with E-state index < -0.39 is 6.10 Å². The van der Waals surface area contributed by atoms with E-state index in [9.17, 15) is 5.11 Å². The third kappa shape index (κ3) is 2.46. The number of nitrogens with zero attached hydrogens (tertiary/aromatic N) is 1. The summed E-state index contributed by atoms with van der Waals surface area (Å²) in [6.07, 6.45) is 3.07. The van der Waals surface area contributed by atoms with E-state index in [0.717, 1.165) is 29.5 Å². The van der Waals surface area contributed by atoms with Crippen LogP contribution in [0.25, 0.3) is 0 Å². The molecule has 2 rings (SSSR count). The Hall–Kier alpha value is 0.1000. The summed E-state index contributed by atoms with van der Waals surface area (Å²) in [5.74, 6) is 0. The summed E-state index contributed by atoms with van der Waals surface area (Å²) >= 11 is 5.17. The molecule has 1 aromatic heterocycles. The zero-order valence-electron chi connectivity index (χ0n) is 10.4. The van der Waals surface area contributed by atoms with Gasteiger partial charge in [0.1, 0.15) is 0 Å². The van der Waals surface area contributed by atoms with E-state index in [1.165, 1.54) is 12.8 Å². The van der Waals surface area contributed by atoms with Gasteiger partial charge in [0, 0.05) is 21.0 Å². The number of thiophene rings is 1. The fourth-order valence-electron chi connectivity index (χ4n) is 2.64. The van der Waals surface area contributed by atoms with Gasteiger partial charge in [0.25, 0.3) is 0 Å². The summed E-state index contributed by atoms with van der Waals surface area (Å²) in [7, 11) is 0. The van der Waals surface area contributed by atoms with Crippen LogP contribution in [0.2, 0.25) is 0 Å². The van der Waals surface area contributed by atoms with Crippen molar-refractivity contribution in [2.75, 3.05) is 13.1 Å². The minimum atomic E-state index is -0.411. The van der Waals surface area contributed by atoms with Gasteiger partial charge in [0.2, 0.25) is 0 Å². The molecule has 0 amide bonds. The zero-order chi connectivity index (χ0) is 12.5. The first-order valence-electron chi connectivity index (χ1n) is 6.24. The highest BCUT2D eigenvalue weighted by atomic mass is 79.9. The molecule has 1 aliphatic rings. The molecule has 17 heavy (non-hydrogen) atoms. The van der Waals surface area contributed by atoms with E-state index in [1.807, 2.05) is 5.38 Å². The second kappa shape index (κ2) is 5.39. The second-order valence-electron chi connectivity index (χ2n) is 4.98. The molecule has 2 unspecified atom stereocenters. The Balaban J connectivity index is 2.25. The first kappa shape index (κ1) is 13.5. The van der Waals surface area contributed by atoms with Crippen molar-refractivity contribution in [3.63, 3.8) is 0 Å². The molecule has 2 atom stereocenters. The molecule has 1 N–H and O–H groups in total. The van der Waals surface area contributed by atoms with Gasteiger partial charge in [-0.25, -0.2) is 0 Å². The van der Waals surface area contributed by atoms with Gasteiger partial charge in [-0.15, -0.1) is 0 Å². The Labute approximate surface area is 116 Å². The molecular weight excluding hydrogens is 298 g/mol. The number of hydrogen-bond donors (Lipinski definition) is 1. The van der Waals surface area contributed by atoms with Gasteiger partial charge in [-0.2, -0.15) is 11.3 Å². The quantitative estimate of drug-likeness (QED) is 0.912. The predicted octanol–water partition coefficient (Wildman–Crippen LogP) is 3.81. The maximum absolute atomic E-state index is 10.7. The van der Waals surface area contributed by atoms with E-state index in [1.54, 1.807) is 11.3 Å². The highest BCUT2D eigenvalue weighted by Gasteiger charge is 2.40. The molecular formula is C13H20BrNOS. The fourth-order valence-corrected chi connectivity index (χ4v) is 4.17. The summed E-state index contributed by atoms with van der Waals surface area (Å²) in [5, 5.41) is 14.8. The molecule has 0 bridgehead atoms. The zero-order valence-corrected chi connectivity index (χ0v) is 12.9. The largest absolute Gasteiger partial charge is 0.386 e. The molecule has 0 aromatic carbocycles. The highest BCUT2D eigenvalue weighted by molar-refractivity contribution is 9.10. The van der Waals surface area contributed by atoms with Crippen molar-refractivity contribution in [2.45, 2.75) is 44.8 Å². The lowest BCUT2D eigenvalue weighted by Gasteiger charge is -2.42. The minimum Gasteiger partial charge on any atom is -0.386 e. The van der Waals surface area contributed by atoms with Crippen LogP contribution in [-0.2, 0) is 0 Å². The van der Waals surface area contributed by atoms with Crippen LogP contribution >= 0.6 is 27.3 Å². The SMILES string of the molecule is CCC(C)(C(O)c1cscc1Br)N1CCCC1. The normalized spacial score (nSPS) is 22.6. The Kier molecular flexibility index (Phi) is 4.29. The molecule has 1 saturated heterocycles. The topological polar surface area (TPSA) is 23.5 Å². The summed E-state index contributed by atoms with van der Waals surface area (Å²) in [6.45, 7) is 6.58. The van der Waals surface area contributed by atoms with Crippen molar-refractivity contribution >= 4 is 27.3 Å². The molecule has 1 aliphatic heterocycles. The number of aliphatic hydroxyl groups excluding tert-OH is 1. The van der Waals surface area contributed by atoms with Gasteiger partial charge >= 0.3 is 0 Å². The van der Waals surface area contributed by atoms with Crippen molar-refractivity contribution < 1.29 is 5.11 Å². The van der Waals surface area contributed by atoms with Crippen LogP contribution < -0.4 is 0 Å². The van der Waals surface area contributed by atoms with Crippen molar-refractivity contribution in [3.05, 3.63) is 20.8 Å². The minimum absolute atomic E-state index is 0.139. The predicted molar refractivity (Wildman–Crippen MR) is 76.5 cm³/mol. The van der Waals surface area contributed by atoms with E-state index in [2.05, 4.69) is 40.1 Å². The van der Waals surface area contributed by atoms with Crippen LogP contribution in [0.15, 0.2) is 15.2 Å². The van der Waals surface area contributed by atoms with E-state index in [-0.39, 0.29) is 5.54 Å². The maximum Gasteiger partial charge on any atom is 0.0989 e. The molecule has 4 heteroatoms. The van der Waals surface area contributed by atoms with E-state index >= 15 is 0 Å². The summed E-state index contributed by atoms with van der Waals surface area (Å²) < 4.78 is 1.04. The van der Waals surface area contributed by atoms with Crippen LogP contribution in [0, 0.1) is 0 Å². The lowest BCUT2D eigenvalue weighted by molar-refractivity contribution is -0.0141. The van der Waals surface area contributed by atoms with Crippen LogP contribution in [0.3, 0.4) is 0 Å². The Morgan fingerprint density at radius 3 is 2.59 bits per heavy atom. The third-order valence-corrected chi connectivity index (χ3v) is 5.82. The van der Waals surface area contributed by atoms with Crippen LogP contribution in [0.4, 0.5) is 0 Å². The van der Waals surface area contributed by atoms with E-state index in [4.69, 9.17) is 0 Å². The Morgan fingerprint density at radius 1 is 1.47 bits per heavy atom. The first-order chi connectivity index (χ1) is 8.09. The molecule has 2 heterocycles. The number of aliphatic hydroxyl groups is 1. The highest BCUT2D eigenvalue weighted by Crippen LogP contribution is 2.40. The van der Waals surface area contributed by atoms with Gasteiger partial charge in [-0.05, 0) is 60.6 Å². The molecule has 0 aliphatic carbocycles. The maximum atomic E-state index is 10.7. The molecule has 0 radical (unpaired) electrons. The molecule has 96 valence electrons. The van der Waals surface area contributed by atoms with Gasteiger partial charge in [-0.3, -0.25) is 4.90 Å². The van der Waals surface area contributed by atoms with Crippen LogP contribution in [0.1, 0.15) is 44.8 Å². The van der Waals surface area contributed by atoms with Crippen molar-refractivity contribution in [1.29, 1.82) is 0 Å². The average molecular weight is 318 g/mol. The van der Waals surface area contributed by atoms with Crippen molar-refractivity contribution in [1.82, 2.24) is 4.90 Å². The lowest BCUT2D eigenvalue weighted by atomic mass is 9.86. The Morgan fingerprint density at radius 2 is 2.12 bits per heavy atom. The molecule has 0 spiro atoms. The van der Waals surface area contributed by atoms with Crippen molar-refractivity contribution in [2.24, 2.45) is 0 Å². The monoisotopic (exact) mass is 317 g/mol. The second-order valence-corrected chi connectivity index (χ2v) is 6.58. The molecule has 2 nitrogen and oxygen atoms in total. The number of hydrogen-bond acceptors (Lipinski definition) is 3. The lowest BCUT2D eigenvalue weighted by Crippen LogP contribution is -2.48. The van der Waals surface area contributed by atoms with Gasteiger partial charge < -0.3 is 5.11 Å². The molecule has 1 fully saturated rings. The molecule has 1 aromatic rings. The smallest absolute Gasteiger partial charge is 0.0989 e. The van der Waals surface area contributed by atoms with Crippen LogP contribution in [-0.4, -0.2) is 28.6 Å². The first-order valence-corrected chi connectivity index (χ1v) is 7.98. The average Bonchev–Trinajstić information content (AvgIpc) is 2.97. The van der Waals surface area contributed by atoms with Crippen molar-refractivity contribution in [3.8, 4) is 0 Å². The van der Waals surface area contributed by atoms with Crippen LogP contribution in [0.5, 0.6) is 0 Å². The summed E-state index contributed by atoms with van der Waals surface area (Å²) in [5.41, 5.74) is 0.895. The number of likely N-dealkylation sites (tertiary alicyclic amines) is 1. The Bertz CT molecular complexity index is 375. The third-order valence-electron chi connectivity index (χ3n) is 4.07. The van der Waals surface area contributed by atoms with Gasteiger partial charge in [-0.1, -0.05) is 6.92 Å². The summed E-state index contributed by atoms with van der Waals surface area (Å²) in [6, 6.07) is 0. The number of rotatable bonds is 4. The number of halogens is 1. The van der Waals surface area contributed by atoms with E-state index in [0.29, 0.717) is 0 Å². The van der Waals surface area contributed by atoms with Gasteiger partial charge in [0.15, 0.2) is 0 Å². The summed E-state index contributed by atoms with van der Waals surface area (Å²) in [4.78, 5) is 2.45. The van der Waals surface area contributed by atoms with Gasteiger partial charge in [0.05, 0.1) is 6.10 Å².